The normalized spacial score (nSPS) is 25.4. The van der Waals surface area contributed by atoms with Gasteiger partial charge >= 0.3 is 6.09 Å². The van der Waals surface area contributed by atoms with E-state index in [1.165, 1.54) is 5.06 Å². The van der Waals surface area contributed by atoms with Crippen LogP contribution < -0.4 is 10.6 Å². The van der Waals surface area contributed by atoms with Crippen LogP contribution in [-0.4, -0.2) is 73.9 Å². The van der Waals surface area contributed by atoms with Crippen LogP contribution in [-0.2, 0) is 23.9 Å². The third-order valence-electron chi connectivity index (χ3n) is 5.44. The summed E-state index contributed by atoms with van der Waals surface area (Å²) in [6.45, 7) is 10.0. The molecule has 0 spiro atoms. The maximum Gasteiger partial charge on any atom is 0.426 e. The van der Waals surface area contributed by atoms with Crippen LogP contribution in [0, 0.1) is 11.8 Å². The summed E-state index contributed by atoms with van der Waals surface area (Å²) >= 11 is 0. The Morgan fingerprint density at radius 3 is 2.46 bits per heavy atom. The van der Waals surface area contributed by atoms with Crippen LogP contribution in [0.3, 0.4) is 0 Å². The molecule has 2 aliphatic heterocycles. The molecule has 9 nitrogen and oxygen atoms in total. The Morgan fingerprint density at radius 1 is 1.21 bits per heavy atom. The third-order valence-corrected chi connectivity index (χ3v) is 5.44. The summed E-state index contributed by atoms with van der Waals surface area (Å²) in [5.41, 5.74) is 0. The molecule has 2 N–H and O–H groups in total. The Kier molecular flexibility index (Phi) is 8.65. The third kappa shape index (κ3) is 6.72. The number of hydrogen-bond acceptors (Lipinski definition) is 7. The van der Waals surface area contributed by atoms with Crippen molar-refractivity contribution in [3.8, 4) is 0 Å². The standard InChI is InChI=1S/C19H33N3O6/c1-12(2)13(3)5-6-15(18(24)21-17-14(4)27-11-16(17)23)20-19(25)28-22-7-9-26-10-8-22/h12-15,17H,5-11H2,1-4H3,(H,20,25)(H,21,24)/t13?,14-,15-,17-/m0/s1. The van der Waals surface area contributed by atoms with Gasteiger partial charge in [0.05, 0.1) is 32.4 Å². The minimum absolute atomic E-state index is 0.00628. The summed E-state index contributed by atoms with van der Waals surface area (Å²) in [5.74, 6) is 0.299. The molecule has 2 saturated heterocycles. The quantitative estimate of drug-likeness (QED) is 0.624. The minimum atomic E-state index is -0.782. The van der Waals surface area contributed by atoms with Crippen LogP contribution in [0.1, 0.15) is 40.5 Å². The van der Waals surface area contributed by atoms with E-state index in [4.69, 9.17) is 14.3 Å². The number of amides is 2. The Morgan fingerprint density at radius 2 is 1.89 bits per heavy atom. The molecule has 0 aromatic carbocycles. The van der Waals surface area contributed by atoms with Gasteiger partial charge in [0.2, 0.25) is 5.91 Å². The molecule has 1 unspecified atom stereocenters. The lowest BCUT2D eigenvalue weighted by molar-refractivity contribution is -0.147. The highest BCUT2D eigenvalue weighted by Crippen LogP contribution is 2.18. The number of hydrogen-bond donors (Lipinski definition) is 2. The van der Waals surface area contributed by atoms with Crippen LogP contribution in [0.15, 0.2) is 0 Å². The van der Waals surface area contributed by atoms with E-state index in [0.29, 0.717) is 44.6 Å². The van der Waals surface area contributed by atoms with E-state index in [2.05, 4.69) is 31.4 Å². The van der Waals surface area contributed by atoms with Crippen molar-refractivity contribution >= 4 is 17.8 Å². The van der Waals surface area contributed by atoms with E-state index in [-0.39, 0.29) is 18.5 Å². The predicted molar refractivity (Wildman–Crippen MR) is 101 cm³/mol. The summed E-state index contributed by atoms with van der Waals surface area (Å²) in [6.07, 6.45) is 0.158. The Hall–Kier alpha value is -1.71. The molecule has 0 aliphatic carbocycles. The van der Waals surface area contributed by atoms with E-state index in [1.54, 1.807) is 6.92 Å². The van der Waals surface area contributed by atoms with Gasteiger partial charge in [-0.3, -0.25) is 9.59 Å². The number of carbonyl (C=O) groups excluding carboxylic acids is 3. The lowest BCUT2D eigenvalue weighted by Crippen LogP contribution is -2.54. The molecular weight excluding hydrogens is 366 g/mol. The van der Waals surface area contributed by atoms with Gasteiger partial charge in [0.25, 0.3) is 0 Å². The molecule has 160 valence electrons. The number of carbonyl (C=O) groups is 3. The molecule has 2 amide bonds. The first-order valence-corrected chi connectivity index (χ1v) is 10.0. The SMILES string of the molecule is CC(C)C(C)CC[C@H](NC(=O)ON1CCOCC1)C(=O)N[C@@H]1C(=O)CO[C@H]1C. The van der Waals surface area contributed by atoms with Crippen LogP contribution in [0.5, 0.6) is 0 Å². The molecule has 9 heteroatoms. The van der Waals surface area contributed by atoms with Gasteiger partial charge in [0.15, 0.2) is 5.78 Å². The molecule has 0 aromatic heterocycles. The first kappa shape index (κ1) is 22.6. The molecule has 28 heavy (non-hydrogen) atoms. The first-order valence-electron chi connectivity index (χ1n) is 10.0. The van der Waals surface area contributed by atoms with Gasteiger partial charge < -0.3 is 24.9 Å². The van der Waals surface area contributed by atoms with Gasteiger partial charge in [0.1, 0.15) is 18.7 Å². The number of ketones is 1. The van der Waals surface area contributed by atoms with Crippen molar-refractivity contribution in [1.29, 1.82) is 0 Å². The highest BCUT2D eigenvalue weighted by Gasteiger charge is 2.36. The van der Waals surface area contributed by atoms with Gasteiger partial charge in [-0.15, -0.1) is 5.06 Å². The summed E-state index contributed by atoms with van der Waals surface area (Å²) in [5, 5.41) is 6.89. The average Bonchev–Trinajstić information content (AvgIpc) is 2.97. The minimum Gasteiger partial charge on any atom is -0.379 e. The Labute approximate surface area is 166 Å². The fourth-order valence-electron chi connectivity index (χ4n) is 3.07. The number of Topliss-reactive ketones (excluding diaryl/α,β-unsaturated/α-hetero) is 1. The van der Waals surface area contributed by atoms with Crippen molar-refractivity contribution in [2.75, 3.05) is 32.9 Å². The molecular formula is C19H33N3O6. The summed E-state index contributed by atoms with van der Waals surface area (Å²) < 4.78 is 10.5. The van der Waals surface area contributed by atoms with Gasteiger partial charge in [-0.25, -0.2) is 4.79 Å². The lowest BCUT2D eigenvalue weighted by atomic mass is 9.91. The second-order valence-corrected chi connectivity index (χ2v) is 7.88. The second kappa shape index (κ2) is 10.7. The molecule has 2 fully saturated rings. The number of hydroxylamine groups is 2. The highest BCUT2D eigenvalue weighted by molar-refractivity contribution is 5.94. The second-order valence-electron chi connectivity index (χ2n) is 7.88. The lowest BCUT2D eigenvalue weighted by Gasteiger charge is -2.27. The van der Waals surface area contributed by atoms with Crippen molar-refractivity contribution in [2.24, 2.45) is 11.8 Å². The van der Waals surface area contributed by atoms with E-state index in [0.717, 1.165) is 6.42 Å². The summed E-state index contributed by atoms with van der Waals surface area (Å²) in [4.78, 5) is 42.2. The molecule has 4 atom stereocenters. The summed E-state index contributed by atoms with van der Waals surface area (Å²) in [7, 11) is 0. The molecule has 2 heterocycles. The summed E-state index contributed by atoms with van der Waals surface area (Å²) in [6, 6.07) is -1.47. The molecule has 0 bridgehead atoms. The number of nitrogens with zero attached hydrogens (tertiary/aromatic N) is 1. The first-order chi connectivity index (χ1) is 13.3. The van der Waals surface area contributed by atoms with E-state index < -0.39 is 24.1 Å². The molecule has 0 aromatic rings. The maximum absolute atomic E-state index is 12.8. The molecule has 2 rings (SSSR count). The van der Waals surface area contributed by atoms with Crippen LogP contribution in [0.25, 0.3) is 0 Å². The van der Waals surface area contributed by atoms with Crippen molar-refractivity contribution in [3.05, 3.63) is 0 Å². The largest absolute Gasteiger partial charge is 0.426 e. The number of ether oxygens (including phenoxy) is 2. The fourth-order valence-corrected chi connectivity index (χ4v) is 3.07. The van der Waals surface area contributed by atoms with E-state index in [1.807, 2.05) is 0 Å². The highest BCUT2D eigenvalue weighted by atomic mass is 16.7. The van der Waals surface area contributed by atoms with Crippen LogP contribution in [0.4, 0.5) is 4.79 Å². The van der Waals surface area contributed by atoms with Crippen LogP contribution >= 0.6 is 0 Å². The Bertz CT molecular complexity index is 550. The zero-order valence-electron chi connectivity index (χ0n) is 17.2. The smallest absolute Gasteiger partial charge is 0.379 e. The number of nitrogens with one attached hydrogen (secondary N) is 2. The molecule has 0 saturated carbocycles. The average molecular weight is 399 g/mol. The van der Waals surface area contributed by atoms with Crippen molar-refractivity contribution in [3.63, 3.8) is 0 Å². The number of morpholine rings is 1. The predicted octanol–water partition coefficient (Wildman–Crippen LogP) is 0.873. The number of rotatable bonds is 8. The van der Waals surface area contributed by atoms with E-state index in [9.17, 15) is 14.4 Å². The zero-order valence-corrected chi connectivity index (χ0v) is 17.2. The maximum atomic E-state index is 12.8. The molecule has 2 aliphatic rings. The Balaban J connectivity index is 1.95. The molecule has 0 radical (unpaired) electrons. The van der Waals surface area contributed by atoms with Crippen molar-refractivity contribution < 1.29 is 28.7 Å². The van der Waals surface area contributed by atoms with Crippen molar-refractivity contribution in [1.82, 2.24) is 15.7 Å². The van der Waals surface area contributed by atoms with Crippen LogP contribution in [0.2, 0.25) is 0 Å². The van der Waals surface area contributed by atoms with Gasteiger partial charge in [-0.1, -0.05) is 20.8 Å². The monoisotopic (exact) mass is 399 g/mol. The van der Waals surface area contributed by atoms with Crippen molar-refractivity contribution in [2.45, 2.75) is 58.7 Å². The van der Waals surface area contributed by atoms with Gasteiger partial charge in [0, 0.05) is 0 Å². The topological polar surface area (TPSA) is 106 Å². The fraction of sp³-hybridized carbons (Fsp3) is 0.842. The van der Waals surface area contributed by atoms with Gasteiger partial charge in [-0.2, -0.15) is 0 Å². The zero-order chi connectivity index (χ0) is 20.7. The van der Waals surface area contributed by atoms with Gasteiger partial charge in [-0.05, 0) is 31.6 Å². The van der Waals surface area contributed by atoms with E-state index >= 15 is 0 Å².